The minimum atomic E-state index is 0.0768. The molecule has 2 atom stereocenters. The van der Waals surface area contributed by atoms with Gasteiger partial charge in [-0.1, -0.05) is 55.5 Å². The van der Waals surface area contributed by atoms with Crippen LogP contribution in [-0.2, 0) is 0 Å². The van der Waals surface area contributed by atoms with Crippen molar-refractivity contribution in [3.05, 3.63) is 66.2 Å². The largest absolute Gasteiger partial charge is 0.494 e. The van der Waals surface area contributed by atoms with E-state index >= 15 is 0 Å². The van der Waals surface area contributed by atoms with Crippen LogP contribution in [0.25, 0.3) is 0 Å². The van der Waals surface area contributed by atoms with Crippen LogP contribution in [0.5, 0.6) is 5.75 Å². The smallest absolute Gasteiger partial charge is 0.119 e. The van der Waals surface area contributed by atoms with Crippen LogP contribution in [-0.4, -0.2) is 6.61 Å². The summed E-state index contributed by atoms with van der Waals surface area (Å²) in [5, 5.41) is 0.0768. The maximum atomic E-state index is 6.51. The first-order valence-corrected chi connectivity index (χ1v) is 7.58. The van der Waals surface area contributed by atoms with Crippen molar-refractivity contribution >= 4 is 11.6 Å². The quantitative estimate of drug-likeness (QED) is 0.485. The first-order valence-electron chi connectivity index (χ1n) is 7.14. The van der Waals surface area contributed by atoms with Gasteiger partial charge in [-0.2, -0.15) is 0 Å². The molecule has 0 saturated heterocycles. The Morgan fingerprint density at radius 3 is 2.20 bits per heavy atom. The maximum Gasteiger partial charge on any atom is 0.119 e. The molecule has 2 rings (SSSR count). The summed E-state index contributed by atoms with van der Waals surface area (Å²) >= 11 is 6.51. The van der Waals surface area contributed by atoms with Gasteiger partial charge in [-0.25, -0.2) is 0 Å². The van der Waals surface area contributed by atoms with E-state index in [1.165, 1.54) is 5.56 Å². The SMILES string of the molecule is CC(CCCOc1ccccc1)C(Cl)c1ccccc1. The van der Waals surface area contributed by atoms with Gasteiger partial charge in [0.25, 0.3) is 0 Å². The molecule has 0 aromatic heterocycles. The fraction of sp³-hybridized carbons (Fsp3) is 0.333. The predicted molar refractivity (Wildman–Crippen MR) is 85.4 cm³/mol. The van der Waals surface area contributed by atoms with Crippen LogP contribution in [0.1, 0.15) is 30.7 Å². The maximum absolute atomic E-state index is 6.51. The Morgan fingerprint density at radius 1 is 0.950 bits per heavy atom. The van der Waals surface area contributed by atoms with Gasteiger partial charge in [0.1, 0.15) is 5.75 Å². The third kappa shape index (κ3) is 4.57. The Bertz CT molecular complexity index is 483. The van der Waals surface area contributed by atoms with Gasteiger partial charge in [-0.3, -0.25) is 0 Å². The van der Waals surface area contributed by atoms with Crippen LogP contribution in [0.2, 0.25) is 0 Å². The third-order valence-electron chi connectivity index (χ3n) is 3.43. The molecule has 0 aliphatic heterocycles. The summed E-state index contributed by atoms with van der Waals surface area (Å²) in [6.45, 7) is 2.94. The lowest BCUT2D eigenvalue weighted by Gasteiger charge is -2.18. The Labute approximate surface area is 126 Å². The molecule has 20 heavy (non-hydrogen) atoms. The standard InChI is InChI=1S/C18H21ClO/c1-15(18(19)16-10-4-2-5-11-16)9-8-14-20-17-12-6-3-7-13-17/h2-7,10-13,15,18H,8-9,14H2,1H3. The average molecular weight is 289 g/mol. The van der Waals surface area contributed by atoms with Crippen molar-refractivity contribution in [2.45, 2.75) is 25.1 Å². The number of benzene rings is 2. The molecular weight excluding hydrogens is 268 g/mol. The number of halogens is 1. The van der Waals surface area contributed by atoms with Gasteiger partial charge < -0.3 is 4.74 Å². The molecule has 0 fully saturated rings. The second-order valence-corrected chi connectivity index (χ2v) is 5.56. The second kappa shape index (κ2) is 7.96. The van der Waals surface area contributed by atoms with Crippen molar-refractivity contribution in [3.63, 3.8) is 0 Å². The lowest BCUT2D eigenvalue weighted by molar-refractivity contribution is 0.294. The van der Waals surface area contributed by atoms with E-state index in [0.717, 1.165) is 25.2 Å². The van der Waals surface area contributed by atoms with Crippen molar-refractivity contribution in [3.8, 4) is 5.75 Å². The Balaban J connectivity index is 1.71. The third-order valence-corrected chi connectivity index (χ3v) is 4.12. The fourth-order valence-corrected chi connectivity index (χ4v) is 2.50. The van der Waals surface area contributed by atoms with Crippen LogP contribution < -0.4 is 4.74 Å². The van der Waals surface area contributed by atoms with Crippen LogP contribution in [0.3, 0.4) is 0 Å². The molecule has 0 N–H and O–H groups in total. The zero-order valence-electron chi connectivity index (χ0n) is 11.8. The summed E-state index contributed by atoms with van der Waals surface area (Å²) < 4.78 is 5.70. The first-order chi connectivity index (χ1) is 9.77. The van der Waals surface area contributed by atoms with E-state index in [2.05, 4.69) is 19.1 Å². The molecule has 0 spiro atoms. The molecule has 0 aliphatic rings. The molecule has 0 aliphatic carbocycles. The summed E-state index contributed by atoms with van der Waals surface area (Å²) in [5.41, 5.74) is 1.20. The molecule has 1 nitrogen and oxygen atoms in total. The number of hydrogen-bond acceptors (Lipinski definition) is 1. The lowest BCUT2D eigenvalue weighted by atomic mass is 9.96. The van der Waals surface area contributed by atoms with E-state index in [0.29, 0.717) is 5.92 Å². The first kappa shape index (κ1) is 14.9. The molecule has 2 aromatic carbocycles. The fourth-order valence-electron chi connectivity index (χ4n) is 2.22. The molecule has 2 unspecified atom stereocenters. The van der Waals surface area contributed by atoms with Crippen molar-refractivity contribution < 1.29 is 4.74 Å². The van der Waals surface area contributed by atoms with Crippen molar-refractivity contribution in [2.75, 3.05) is 6.61 Å². The Kier molecular flexibility index (Phi) is 5.94. The predicted octanol–water partition coefficient (Wildman–Crippen LogP) is 5.46. The van der Waals surface area contributed by atoms with E-state index in [9.17, 15) is 0 Å². The Morgan fingerprint density at radius 2 is 1.55 bits per heavy atom. The number of hydrogen-bond donors (Lipinski definition) is 0. The number of para-hydroxylation sites is 1. The molecule has 0 saturated carbocycles. The van der Waals surface area contributed by atoms with Crippen LogP contribution in [0.4, 0.5) is 0 Å². The van der Waals surface area contributed by atoms with Gasteiger partial charge in [-0.05, 0) is 36.5 Å². The highest BCUT2D eigenvalue weighted by molar-refractivity contribution is 6.20. The summed E-state index contributed by atoms with van der Waals surface area (Å²) in [5.74, 6) is 1.38. The number of alkyl halides is 1. The molecule has 106 valence electrons. The van der Waals surface area contributed by atoms with Gasteiger partial charge in [0.2, 0.25) is 0 Å². The van der Waals surface area contributed by atoms with Crippen molar-refractivity contribution in [1.82, 2.24) is 0 Å². The van der Waals surface area contributed by atoms with Gasteiger partial charge >= 0.3 is 0 Å². The van der Waals surface area contributed by atoms with Crippen molar-refractivity contribution in [1.29, 1.82) is 0 Å². The number of ether oxygens (including phenoxy) is 1. The van der Waals surface area contributed by atoms with Crippen LogP contribution >= 0.6 is 11.6 Å². The highest BCUT2D eigenvalue weighted by Crippen LogP contribution is 2.31. The van der Waals surface area contributed by atoms with Gasteiger partial charge in [0.15, 0.2) is 0 Å². The van der Waals surface area contributed by atoms with Crippen LogP contribution in [0, 0.1) is 5.92 Å². The van der Waals surface area contributed by atoms with Gasteiger partial charge in [-0.15, -0.1) is 11.6 Å². The summed E-state index contributed by atoms with van der Waals surface area (Å²) in [6.07, 6.45) is 2.09. The highest BCUT2D eigenvalue weighted by Gasteiger charge is 2.15. The van der Waals surface area contributed by atoms with E-state index in [1.54, 1.807) is 0 Å². The van der Waals surface area contributed by atoms with Crippen LogP contribution in [0.15, 0.2) is 60.7 Å². The summed E-state index contributed by atoms with van der Waals surface area (Å²) in [7, 11) is 0. The average Bonchev–Trinajstić information content (AvgIpc) is 2.52. The molecule has 0 amide bonds. The molecule has 0 radical (unpaired) electrons. The second-order valence-electron chi connectivity index (χ2n) is 5.09. The molecule has 0 heterocycles. The number of rotatable bonds is 7. The molecule has 0 bridgehead atoms. The minimum absolute atomic E-state index is 0.0768. The zero-order valence-corrected chi connectivity index (χ0v) is 12.6. The van der Waals surface area contributed by atoms with E-state index in [4.69, 9.17) is 16.3 Å². The monoisotopic (exact) mass is 288 g/mol. The highest BCUT2D eigenvalue weighted by atomic mass is 35.5. The normalized spacial score (nSPS) is 13.7. The summed E-state index contributed by atoms with van der Waals surface area (Å²) in [4.78, 5) is 0. The van der Waals surface area contributed by atoms with E-state index < -0.39 is 0 Å². The Hall–Kier alpha value is -1.47. The minimum Gasteiger partial charge on any atom is -0.494 e. The molecule has 2 aromatic rings. The van der Waals surface area contributed by atoms with Crippen molar-refractivity contribution in [2.24, 2.45) is 5.92 Å². The zero-order chi connectivity index (χ0) is 14.2. The van der Waals surface area contributed by atoms with E-state index in [1.807, 2.05) is 48.5 Å². The van der Waals surface area contributed by atoms with E-state index in [-0.39, 0.29) is 5.38 Å². The summed E-state index contributed by atoms with van der Waals surface area (Å²) in [6, 6.07) is 20.2. The topological polar surface area (TPSA) is 9.23 Å². The lowest BCUT2D eigenvalue weighted by Crippen LogP contribution is -2.06. The molecule has 2 heteroatoms. The molecular formula is C18H21ClO. The van der Waals surface area contributed by atoms with Gasteiger partial charge in [0, 0.05) is 0 Å². The van der Waals surface area contributed by atoms with Gasteiger partial charge in [0.05, 0.1) is 12.0 Å².